The first-order valence-corrected chi connectivity index (χ1v) is 8.43. The number of ether oxygens (including phenoxy) is 2. The monoisotopic (exact) mass is 362 g/mol. The van der Waals surface area contributed by atoms with Crippen LogP contribution in [0.3, 0.4) is 0 Å². The van der Waals surface area contributed by atoms with Gasteiger partial charge in [-0.05, 0) is 35.4 Å². The molecular weight excluding hydrogens is 340 g/mol. The lowest BCUT2D eigenvalue weighted by Gasteiger charge is -2.26. The van der Waals surface area contributed by atoms with Crippen LogP contribution in [0.4, 0.5) is 0 Å². The van der Waals surface area contributed by atoms with Crippen LogP contribution in [-0.2, 0) is 4.74 Å². The highest BCUT2D eigenvalue weighted by Crippen LogP contribution is 2.30. The third-order valence-corrected chi connectivity index (χ3v) is 4.26. The Morgan fingerprint density at radius 1 is 1.20 bits per heavy atom. The van der Waals surface area contributed by atoms with Crippen LogP contribution < -0.4 is 10.5 Å². The minimum atomic E-state index is -1.98. The number of carbonyl (C=O) groups is 1. The van der Waals surface area contributed by atoms with Crippen molar-refractivity contribution in [2.75, 3.05) is 39.4 Å². The van der Waals surface area contributed by atoms with Gasteiger partial charge in [-0.1, -0.05) is 29.8 Å². The minimum Gasteiger partial charge on any atom is -0.491 e. The van der Waals surface area contributed by atoms with E-state index in [-0.39, 0.29) is 18.2 Å². The number of carbonyl (C=O) groups excluding carboxylic acids is 1. The summed E-state index contributed by atoms with van der Waals surface area (Å²) in [5, 5.41) is 0.290. The molecule has 0 aromatic heterocycles. The van der Waals surface area contributed by atoms with Crippen LogP contribution in [0.1, 0.15) is 13.1 Å². The second-order valence-electron chi connectivity index (χ2n) is 5.58. The molecule has 0 spiro atoms. The molecule has 5 nitrogen and oxygen atoms in total. The summed E-state index contributed by atoms with van der Waals surface area (Å²) in [6.07, 6.45) is 0. The minimum absolute atomic E-state index is 0.00403. The Labute approximate surface area is 155 Å². The second kappa shape index (κ2) is 8.34. The zero-order chi connectivity index (χ0) is 19.4. The summed E-state index contributed by atoms with van der Waals surface area (Å²) < 4.78 is 25.7. The van der Waals surface area contributed by atoms with E-state index < -0.39 is 6.56 Å². The average molecular weight is 363 g/mol. The summed E-state index contributed by atoms with van der Waals surface area (Å²) >= 11 is 6.22. The number of morpholine rings is 1. The predicted octanol–water partition coefficient (Wildman–Crippen LogP) is 2.82. The van der Waals surface area contributed by atoms with Crippen LogP contribution in [0.5, 0.6) is 5.75 Å². The highest BCUT2D eigenvalue weighted by atomic mass is 35.5. The molecule has 1 heterocycles. The molecule has 0 bridgehead atoms. The van der Waals surface area contributed by atoms with Crippen LogP contribution in [0.2, 0.25) is 5.02 Å². The maximum Gasteiger partial charge on any atom is 0.254 e. The van der Waals surface area contributed by atoms with E-state index >= 15 is 0 Å². The standard InChI is InChI=1S/C19H21ClN2O3/c20-17-13-16(5-6-18(17)25-10-7-21)14-1-3-15(4-2-14)19(23)22-8-11-24-12-9-22/h1-6,13H,7-12,21H2/i10D2. The van der Waals surface area contributed by atoms with Crippen LogP contribution >= 0.6 is 11.6 Å². The van der Waals surface area contributed by atoms with E-state index in [1.54, 1.807) is 35.2 Å². The van der Waals surface area contributed by atoms with Crippen molar-refractivity contribution in [1.82, 2.24) is 4.90 Å². The molecule has 0 unspecified atom stereocenters. The van der Waals surface area contributed by atoms with Gasteiger partial charge in [0.25, 0.3) is 5.91 Å². The molecule has 0 aliphatic carbocycles. The van der Waals surface area contributed by atoms with E-state index in [0.717, 1.165) is 11.1 Å². The molecule has 2 N–H and O–H groups in total. The van der Waals surface area contributed by atoms with Crippen molar-refractivity contribution in [3.05, 3.63) is 53.1 Å². The average Bonchev–Trinajstić information content (AvgIpc) is 2.70. The van der Waals surface area contributed by atoms with E-state index in [4.69, 9.17) is 29.5 Å². The highest BCUT2D eigenvalue weighted by molar-refractivity contribution is 6.32. The first-order chi connectivity index (χ1) is 12.9. The summed E-state index contributed by atoms with van der Waals surface area (Å²) in [4.78, 5) is 14.3. The van der Waals surface area contributed by atoms with Gasteiger partial charge >= 0.3 is 0 Å². The van der Waals surface area contributed by atoms with Gasteiger partial charge in [-0.25, -0.2) is 0 Å². The van der Waals surface area contributed by atoms with Gasteiger partial charge in [0.2, 0.25) is 0 Å². The number of benzene rings is 2. The quantitative estimate of drug-likeness (QED) is 0.888. The Hall–Kier alpha value is -2.08. The van der Waals surface area contributed by atoms with E-state index in [0.29, 0.717) is 36.9 Å². The van der Waals surface area contributed by atoms with E-state index in [1.165, 1.54) is 0 Å². The zero-order valence-corrected chi connectivity index (χ0v) is 14.5. The van der Waals surface area contributed by atoms with Gasteiger partial charge in [-0.3, -0.25) is 4.79 Å². The lowest BCUT2D eigenvalue weighted by Crippen LogP contribution is -2.40. The highest BCUT2D eigenvalue weighted by Gasteiger charge is 2.18. The van der Waals surface area contributed by atoms with Crippen LogP contribution in [0.25, 0.3) is 11.1 Å². The van der Waals surface area contributed by atoms with E-state index in [9.17, 15) is 4.79 Å². The summed E-state index contributed by atoms with van der Waals surface area (Å²) in [6, 6.07) is 12.4. The number of hydrogen-bond acceptors (Lipinski definition) is 4. The molecule has 0 radical (unpaired) electrons. The Kier molecular flexibility index (Phi) is 5.07. The summed E-state index contributed by atoms with van der Waals surface area (Å²) in [5.41, 5.74) is 7.70. The third-order valence-electron chi connectivity index (χ3n) is 3.96. The third kappa shape index (κ3) is 4.31. The fourth-order valence-corrected chi connectivity index (χ4v) is 2.86. The first-order valence-electron chi connectivity index (χ1n) is 9.06. The van der Waals surface area contributed by atoms with Gasteiger partial charge in [0.15, 0.2) is 0 Å². The van der Waals surface area contributed by atoms with E-state index in [1.807, 2.05) is 12.1 Å². The van der Waals surface area contributed by atoms with Crippen LogP contribution in [0, 0.1) is 0 Å². The van der Waals surface area contributed by atoms with Crippen molar-refractivity contribution in [3.63, 3.8) is 0 Å². The summed E-state index contributed by atoms with van der Waals surface area (Å²) in [5.74, 6) is 0.227. The Morgan fingerprint density at radius 2 is 1.88 bits per heavy atom. The molecule has 1 saturated heterocycles. The predicted molar refractivity (Wildman–Crippen MR) is 98.2 cm³/mol. The number of hydrogen-bond donors (Lipinski definition) is 1. The molecule has 2 aromatic carbocycles. The molecule has 2 aromatic rings. The first kappa shape index (κ1) is 15.2. The van der Waals surface area contributed by atoms with Crippen molar-refractivity contribution in [2.45, 2.75) is 0 Å². The summed E-state index contributed by atoms with van der Waals surface area (Å²) in [7, 11) is 0. The molecule has 1 fully saturated rings. The molecular formula is C19H21ClN2O3. The molecule has 6 heteroatoms. The lowest BCUT2D eigenvalue weighted by atomic mass is 10.0. The van der Waals surface area contributed by atoms with Gasteiger partial charge in [0.1, 0.15) is 12.3 Å². The topological polar surface area (TPSA) is 64.8 Å². The normalized spacial score (nSPS) is 16.2. The van der Waals surface area contributed by atoms with Gasteiger partial charge in [-0.2, -0.15) is 0 Å². The van der Waals surface area contributed by atoms with Gasteiger partial charge < -0.3 is 20.1 Å². The molecule has 132 valence electrons. The zero-order valence-electron chi connectivity index (χ0n) is 15.7. The fraction of sp³-hybridized carbons (Fsp3) is 0.316. The SMILES string of the molecule is [2H]C([2H])(CN)Oc1ccc(-c2ccc(C(=O)N3CCOCC3)cc2)cc1Cl. The molecule has 3 rings (SSSR count). The number of nitrogens with two attached hydrogens (primary N) is 1. The molecule has 1 aliphatic heterocycles. The maximum absolute atomic E-state index is 12.5. The Bertz CT molecular complexity index is 809. The molecule has 1 aliphatic rings. The van der Waals surface area contributed by atoms with Crippen LogP contribution in [-0.4, -0.2) is 50.2 Å². The Balaban J connectivity index is 1.75. The van der Waals surface area contributed by atoms with Gasteiger partial charge in [-0.15, -0.1) is 0 Å². The number of amides is 1. The van der Waals surface area contributed by atoms with Crippen molar-refractivity contribution < 1.29 is 17.0 Å². The Morgan fingerprint density at radius 3 is 2.52 bits per heavy atom. The molecule has 1 amide bonds. The number of rotatable bonds is 5. The fourth-order valence-electron chi connectivity index (χ4n) is 2.64. The molecule has 0 saturated carbocycles. The van der Waals surface area contributed by atoms with Crippen molar-refractivity contribution in [3.8, 4) is 16.9 Å². The van der Waals surface area contributed by atoms with Crippen molar-refractivity contribution in [1.29, 1.82) is 0 Å². The largest absolute Gasteiger partial charge is 0.491 e. The van der Waals surface area contributed by atoms with Crippen molar-refractivity contribution >= 4 is 17.5 Å². The number of halogens is 1. The molecule has 0 atom stereocenters. The van der Waals surface area contributed by atoms with E-state index in [2.05, 4.69) is 0 Å². The van der Waals surface area contributed by atoms with Gasteiger partial charge in [0, 0.05) is 25.2 Å². The number of nitrogens with zero attached hydrogens (tertiary/aromatic N) is 1. The second-order valence-corrected chi connectivity index (χ2v) is 5.98. The van der Waals surface area contributed by atoms with Crippen LogP contribution in [0.15, 0.2) is 42.5 Å². The lowest BCUT2D eigenvalue weighted by molar-refractivity contribution is 0.0303. The molecule has 25 heavy (non-hydrogen) atoms. The van der Waals surface area contributed by atoms with Crippen molar-refractivity contribution in [2.24, 2.45) is 5.73 Å². The van der Waals surface area contributed by atoms with Gasteiger partial charge in [0.05, 0.1) is 21.0 Å². The maximum atomic E-state index is 12.5. The smallest absolute Gasteiger partial charge is 0.254 e. The summed E-state index contributed by atoms with van der Waals surface area (Å²) in [6.45, 7) is 0.0932.